The average molecular weight is 651 g/mol. The number of piperazine rings is 1. The molecule has 250 valence electrons. The van der Waals surface area contributed by atoms with E-state index in [4.69, 9.17) is 14.2 Å². The number of benzene rings is 4. The van der Waals surface area contributed by atoms with Gasteiger partial charge in [-0.05, 0) is 93.5 Å². The molecule has 5 aromatic rings. The maximum atomic E-state index is 13.6. The molecule has 1 saturated heterocycles. The first-order valence-corrected chi connectivity index (χ1v) is 16.4. The lowest BCUT2D eigenvalue weighted by Gasteiger charge is -2.32. The summed E-state index contributed by atoms with van der Waals surface area (Å²) >= 11 is 0. The summed E-state index contributed by atoms with van der Waals surface area (Å²) < 4.78 is 33.5. The number of likely N-dealkylation sites (N-methyl/N-ethyl adjacent to an activating group) is 1. The van der Waals surface area contributed by atoms with Crippen molar-refractivity contribution in [1.82, 2.24) is 14.4 Å². The van der Waals surface area contributed by atoms with Crippen LogP contribution in [0.15, 0.2) is 78.9 Å². The van der Waals surface area contributed by atoms with Crippen molar-refractivity contribution >= 4 is 22.5 Å². The summed E-state index contributed by atoms with van der Waals surface area (Å²) in [6, 6.07) is 22.8. The molecule has 1 aliphatic heterocycles. The molecular formula is C39H43FN4O4. The van der Waals surface area contributed by atoms with Gasteiger partial charge in [0.1, 0.15) is 28.8 Å². The van der Waals surface area contributed by atoms with Gasteiger partial charge in [0.05, 0.1) is 19.8 Å². The van der Waals surface area contributed by atoms with E-state index >= 15 is 0 Å². The van der Waals surface area contributed by atoms with Gasteiger partial charge in [0.15, 0.2) is 0 Å². The van der Waals surface area contributed by atoms with Gasteiger partial charge in [-0.3, -0.25) is 4.79 Å². The first-order chi connectivity index (χ1) is 23.2. The molecule has 4 aromatic carbocycles. The number of fused-ring (bicyclic) bond motifs is 1. The van der Waals surface area contributed by atoms with Crippen molar-refractivity contribution < 1.29 is 23.4 Å². The van der Waals surface area contributed by atoms with Gasteiger partial charge in [-0.1, -0.05) is 18.2 Å². The molecule has 0 radical (unpaired) electrons. The van der Waals surface area contributed by atoms with E-state index in [9.17, 15) is 9.18 Å². The molecule has 1 amide bonds. The molecule has 2 heterocycles. The Morgan fingerprint density at radius 1 is 0.833 bits per heavy atom. The van der Waals surface area contributed by atoms with E-state index in [2.05, 4.69) is 52.7 Å². The SMILES string of the molecule is COc1cc(NC(=O)c2cccc(Oc3ccc4c(c3)c(C)c(C)n4CCCN3CCN(C)CC3)c2)cc(OC)c1-c1ccc(F)cc1. The van der Waals surface area contributed by atoms with Crippen LogP contribution in [0.2, 0.25) is 0 Å². The van der Waals surface area contributed by atoms with E-state index in [-0.39, 0.29) is 11.7 Å². The minimum atomic E-state index is -0.334. The number of carbonyl (C=O) groups excluding carboxylic acids is 1. The normalized spacial score (nSPS) is 13.9. The van der Waals surface area contributed by atoms with Crippen molar-refractivity contribution in [2.24, 2.45) is 0 Å². The first kappa shape index (κ1) is 33.1. The van der Waals surface area contributed by atoms with Crippen molar-refractivity contribution in [3.63, 3.8) is 0 Å². The second kappa shape index (κ2) is 14.5. The summed E-state index contributed by atoms with van der Waals surface area (Å²) in [7, 11) is 5.27. The summed E-state index contributed by atoms with van der Waals surface area (Å²) in [4.78, 5) is 18.3. The fraction of sp³-hybridized carbons (Fsp3) is 0.308. The van der Waals surface area contributed by atoms with Crippen LogP contribution in [-0.4, -0.2) is 74.3 Å². The second-order valence-corrected chi connectivity index (χ2v) is 12.4. The van der Waals surface area contributed by atoms with Crippen LogP contribution in [0.4, 0.5) is 10.1 Å². The Balaban J connectivity index is 1.15. The zero-order valence-corrected chi connectivity index (χ0v) is 28.3. The van der Waals surface area contributed by atoms with Crippen LogP contribution in [0, 0.1) is 19.7 Å². The molecular weight excluding hydrogens is 607 g/mol. The van der Waals surface area contributed by atoms with Gasteiger partial charge in [-0.2, -0.15) is 0 Å². The molecule has 0 unspecified atom stereocenters. The topological polar surface area (TPSA) is 68.2 Å². The number of hydrogen-bond donors (Lipinski definition) is 1. The second-order valence-electron chi connectivity index (χ2n) is 12.4. The molecule has 0 aliphatic carbocycles. The van der Waals surface area contributed by atoms with Crippen LogP contribution in [0.1, 0.15) is 28.0 Å². The molecule has 8 nitrogen and oxygen atoms in total. The number of rotatable bonds is 11. The third kappa shape index (κ3) is 7.17. The number of hydrogen-bond acceptors (Lipinski definition) is 6. The lowest BCUT2D eigenvalue weighted by molar-refractivity contribution is 0.102. The molecule has 0 atom stereocenters. The number of nitrogens with zero attached hydrogens (tertiary/aromatic N) is 3. The number of aryl methyl sites for hydroxylation is 2. The number of methoxy groups -OCH3 is 2. The van der Waals surface area contributed by atoms with Gasteiger partial charge < -0.3 is 33.9 Å². The highest BCUT2D eigenvalue weighted by molar-refractivity contribution is 6.05. The summed E-state index contributed by atoms with van der Waals surface area (Å²) in [5, 5.41) is 4.12. The molecule has 1 fully saturated rings. The summed E-state index contributed by atoms with van der Waals surface area (Å²) in [6.07, 6.45) is 1.11. The third-order valence-electron chi connectivity index (χ3n) is 9.29. The fourth-order valence-electron chi connectivity index (χ4n) is 6.43. The van der Waals surface area contributed by atoms with Gasteiger partial charge in [0, 0.05) is 72.7 Å². The van der Waals surface area contributed by atoms with Crippen LogP contribution in [0.5, 0.6) is 23.0 Å². The lowest BCUT2D eigenvalue weighted by atomic mass is 10.0. The van der Waals surface area contributed by atoms with E-state index < -0.39 is 0 Å². The van der Waals surface area contributed by atoms with E-state index in [1.54, 1.807) is 56.7 Å². The van der Waals surface area contributed by atoms with Gasteiger partial charge in [-0.25, -0.2) is 4.39 Å². The molecule has 0 spiro atoms. The average Bonchev–Trinajstić information content (AvgIpc) is 3.33. The minimum Gasteiger partial charge on any atom is -0.496 e. The maximum Gasteiger partial charge on any atom is 0.255 e. The van der Waals surface area contributed by atoms with E-state index in [1.807, 2.05) is 12.1 Å². The van der Waals surface area contributed by atoms with Crippen molar-refractivity contribution in [1.29, 1.82) is 0 Å². The van der Waals surface area contributed by atoms with Gasteiger partial charge >= 0.3 is 0 Å². The zero-order valence-electron chi connectivity index (χ0n) is 28.3. The Kier molecular flexibility index (Phi) is 9.98. The van der Waals surface area contributed by atoms with Crippen molar-refractivity contribution in [2.45, 2.75) is 26.8 Å². The molecule has 6 rings (SSSR count). The Morgan fingerprint density at radius 3 is 2.21 bits per heavy atom. The van der Waals surface area contributed by atoms with Crippen LogP contribution < -0.4 is 19.5 Å². The van der Waals surface area contributed by atoms with Crippen LogP contribution >= 0.6 is 0 Å². The molecule has 1 aliphatic rings. The van der Waals surface area contributed by atoms with Crippen molar-refractivity contribution in [3.8, 4) is 34.1 Å². The number of aromatic nitrogens is 1. The Hall–Kier alpha value is -4.86. The van der Waals surface area contributed by atoms with Crippen LogP contribution in [0.3, 0.4) is 0 Å². The Morgan fingerprint density at radius 2 is 1.52 bits per heavy atom. The van der Waals surface area contributed by atoms with Gasteiger partial charge in [-0.15, -0.1) is 0 Å². The number of ether oxygens (including phenoxy) is 3. The maximum absolute atomic E-state index is 13.6. The van der Waals surface area contributed by atoms with Crippen LogP contribution in [-0.2, 0) is 6.54 Å². The van der Waals surface area contributed by atoms with Gasteiger partial charge in [0.25, 0.3) is 5.91 Å². The van der Waals surface area contributed by atoms with Gasteiger partial charge in [0.2, 0.25) is 0 Å². The van der Waals surface area contributed by atoms with E-state index in [0.29, 0.717) is 39.8 Å². The summed E-state index contributed by atoms with van der Waals surface area (Å²) in [6.45, 7) is 11.0. The monoisotopic (exact) mass is 650 g/mol. The number of carbonyl (C=O) groups is 1. The molecule has 1 aromatic heterocycles. The highest BCUT2D eigenvalue weighted by Gasteiger charge is 2.18. The van der Waals surface area contributed by atoms with E-state index in [0.717, 1.165) is 51.3 Å². The largest absolute Gasteiger partial charge is 0.496 e. The van der Waals surface area contributed by atoms with Crippen molar-refractivity contribution in [3.05, 3.63) is 102 Å². The number of halogens is 1. The lowest BCUT2D eigenvalue weighted by Crippen LogP contribution is -2.44. The van der Waals surface area contributed by atoms with E-state index in [1.165, 1.54) is 34.3 Å². The molecule has 48 heavy (non-hydrogen) atoms. The molecule has 1 N–H and O–H groups in total. The highest BCUT2D eigenvalue weighted by atomic mass is 19.1. The summed E-state index contributed by atoms with van der Waals surface area (Å²) in [5.41, 5.74) is 6.06. The number of nitrogens with one attached hydrogen (secondary N) is 1. The smallest absolute Gasteiger partial charge is 0.255 e. The number of amides is 1. The highest BCUT2D eigenvalue weighted by Crippen LogP contribution is 2.41. The quantitative estimate of drug-likeness (QED) is 0.158. The predicted octanol–water partition coefficient (Wildman–Crippen LogP) is 7.76. The predicted molar refractivity (Wildman–Crippen MR) is 189 cm³/mol. The Labute approximate surface area is 281 Å². The number of anilines is 1. The van der Waals surface area contributed by atoms with Crippen LogP contribution in [0.25, 0.3) is 22.0 Å². The molecule has 9 heteroatoms. The molecule has 0 saturated carbocycles. The Bertz CT molecular complexity index is 1890. The van der Waals surface area contributed by atoms with Crippen molar-refractivity contribution in [2.75, 3.05) is 59.3 Å². The first-order valence-electron chi connectivity index (χ1n) is 16.4. The third-order valence-corrected chi connectivity index (χ3v) is 9.29. The standard InChI is InChI=1S/C39H43FN4O4/c1-26-27(2)44(17-7-16-43-20-18-42(3)19-21-43)35-15-14-33(25-34(26)35)48-32-9-6-8-29(22-32)39(45)41-31-23-36(46-4)38(37(24-31)47-5)28-10-12-30(40)13-11-28/h6,8-15,22-25H,7,16-21H2,1-5H3,(H,41,45). The zero-order chi connectivity index (χ0) is 33.8. The fourth-order valence-corrected chi connectivity index (χ4v) is 6.43. The minimum absolute atomic E-state index is 0.311. The molecule has 0 bridgehead atoms. The summed E-state index contributed by atoms with van der Waals surface area (Å²) in [5.74, 6) is 1.60.